The van der Waals surface area contributed by atoms with Crippen molar-refractivity contribution in [3.05, 3.63) is 15.6 Å². The van der Waals surface area contributed by atoms with Crippen LogP contribution in [0.25, 0.3) is 0 Å². The van der Waals surface area contributed by atoms with Crippen molar-refractivity contribution in [2.75, 3.05) is 18.8 Å². The Morgan fingerprint density at radius 3 is 3.05 bits per heavy atom. The summed E-state index contributed by atoms with van der Waals surface area (Å²) in [6.45, 7) is 8.98. The number of nitrogens with one attached hydrogen (secondary N) is 1. The van der Waals surface area contributed by atoms with Crippen LogP contribution in [0.4, 0.5) is 0 Å². The largest absolute Gasteiger partial charge is 0.316 e. The third-order valence-corrected chi connectivity index (χ3v) is 5.69. The van der Waals surface area contributed by atoms with E-state index in [0.29, 0.717) is 5.92 Å². The molecule has 0 saturated heterocycles. The molecule has 2 rings (SSSR count). The molecule has 4 heteroatoms. The zero-order chi connectivity index (χ0) is 13.7. The van der Waals surface area contributed by atoms with Crippen LogP contribution in [-0.4, -0.2) is 23.8 Å². The lowest BCUT2D eigenvalue weighted by Gasteiger charge is -2.22. The van der Waals surface area contributed by atoms with Gasteiger partial charge >= 0.3 is 0 Å². The van der Waals surface area contributed by atoms with Gasteiger partial charge in [-0.15, -0.1) is 11.3 Å². The molecule has 108 valence electrons. The zero-order valence-electron chi connectivity index (χ0n) is 12.4. The average Bonchev–Trinajstić information content (AvgIpc) is 2.79. The molecule has 1 unspecified atom stereocenters. The van der Waals surface area contributed by atoms with Crippen molar-refractivity contribution >= 4 is 23.1 Å². The summed E-state index contributed by atoms with van der Waals surface area (Å²) in [6, 6.07) is 0. The fourth-order valence-corrected chi connectivity index (χ4v) is 4.47. The fraction of sp³-hybridized carbons (Fsp3) is 0.800. The Morgan fingerprint density at radius 2 is 2.32 bits per heavy atom. The Kier molecular flexibility index (Phi) is 6.17. The predicted molar refractivity (Wildman–Crippen MR) is 87.3 cm³/mol. The highest BCUT2D eigenvalue weighted by atomic mass is 32.2. The molecule has 0 aliphatic heterocycles. The van der Waals surface area contributed by atoms with Crippen LogP contribution in [-0.2, 0) is 12.2 Å². The quantitative estimate of drug-likeness (QED) is 0.821. The maximum Gasteiger partial charge on any atom is 0.103 e. The molecule has 1 N–H and O–H groups in total. The predicted octanol–water partition coefficient (Wildman–Crippen LogP) is 4.06. The molecular weight excluding hydrogens is 272 g/mol. The van der Waals surface area contributed by atoms with Crippen LogP contribution >= 0.6 is 23.1 Å². The molecule has 0 radical (unpaired) electrons. The minimum atomic E-state index is 0.652. The molecule has 2 nitrogen and oxygen atoms in total. The first-order chi connectivity index (χ1) is 9.20. The Hall–Kier alpha value is -0.0600. The third kappa shape index (κ3) is 4.47. The van der Waals surface area contributed by atoms with Gasteiger partial charge in [-0.3, -0.25) is 0 Å². The second-order valence-corrected chi connectivity index (χ2v) is 8.14. The molecule has 1 atom stereocenters. The van der Waals surface area contributed by atoms with Crippen LogP contribution in [0.5, 0.6) is 0 Å². The van der Waals surface area contributed by atoms with Gasteiger partial charge in [-0.05, 0) is 37.5 Å². The van der Waals surface area contributed by atoms with Gasteiger partial charge in [0.15, 0.2) is 0 Å². The van der Waals surface area contributed by atoms with Crippen molar-refractivity contribution in [1.29, 1.82) is 0 Å². The molecule has 1 aromatic heterocycles. The highest BCUT2D eigenvalue weighted by Gasteiger charge is 2.24. The van der Waals surface area contributed by atoms with Gasteiger partial charge in [-0.1, -0.05) is 20.8 Å². The Balaban J connectivity index is 1.95. The lowest BCUT2D eigenvalue weighted by Crippen LogP contribution is -2.27. The number of nitrogens with zero attached hydrogens (tertiary/aromatic N) is 1. The normalized spacial score (nSPS) is 18.8. The van der Waals surface area contributed by atoms with E-state index < -0.39 is 0 Å². The summed E-state index contributed by atoms with van der Waals surface area (Å²) in [5.41, 5.74) is 1.42. The summed E-state index contributed by atoms with van der Waals surface area (Å²) in [4.78, 5) is 6.49. The maximum absolute atomic E-state index is 4.93. The van der Waals surface area contributed by atoms with Crippen molar-refractivity contribution in [3.63, 3.8) is 0 Å². The smallest absolute Gasteiger partial charge is 0.103 e. The Bertz CT molecular complexity index is 387. The van der Waals surface area contributed by atoms with Gasteiger partial charge in [0.05, 0.1) is 5.69 Å². The zero-order valence-corrected chi connectivity index (χ0v) is 14.0. The van der Waals surface area contributed by atoms with E-state index in [0.717, 1.165) is 24.8 Å². The van der Waals surface area contributed by atoms with E-state index in [-0.39, 0.29) is 0 Å². The van der Waals surface area contributed by atoms with E-state index in [1.54, 1.807) is 4.88 Å². The molecule has 0 fully saturated rings. The summed E-state index contributed by atoms with van der Waals surface area (Å²) in [7, 11) is 0. The molecule has 19 heavy (non-hydrogen) atoms. The van der Waals surface area contributed by atoms with E-state index in [9.17, 15) is 0 Å². The van der Waals surface area contributed by atoms with Crippen LogP contribution in [0.1, 0.15) is 55.1 Å². The van der Waals surface area contributed by atoms with E-state index in [4.69, 9.17) is 4.98 Å². The lowest BCUT2D eigenvalue weighted by atomic mass is 9.91. The van der Waals surface area contributed by atoms with Crippen LogP contribution in [0.3, 0.4) is 0 Å². The molecule has 0 bridgehead atoms. The second-order valence-electron chi connectivity index (χ2n) is 5.69. The van der Waals surface area contributed by atoms with E-state index >= 15 is 0 Å². The Morgan fingerprint density at radius 1 is 1.47 bits per heavy atom. The summed E-state index contributed by atoms with van der Waals surface area (Å²) < 4.78 is 0. The lowest BCUT2D eigenvalue weighted by molar-refractivity contribution is 0.472. The van der Waals surface area contributed by atoms with Crippen molar-refractivity contribution < 1.29 is 0 Å². The SMILES string of the molecule is CCSCc1nc2c(s1)CCCC2CNCC(C)C. The highest BCUT2D eigenvalue weighted by molar-refractivity contribution is 7.98. The topological polar surface area (TPSA) is 24.9 Å². The molecule has 1 aliphatic rings. The van der Waals surface area contributed by atoms with E-state index in [1.165, 1.54) is 35.7 Å². The standard InChI is InChI=1S/C15H26N2S2/c1-4-18-10-14-17-15-12(9-16-8-11(2)3)6-5-7-13(15)19-14/h11-12,16H,4-10H2,1-3H3. The van der Waals surface area contributed by atoms with Gasteiger partial charge in [0.25, 0.3) is 0 Å². The van der Waals surface area contributed by atoms with Crippen LogP contribution in [0, 0.1) is 5.92 Å². The molecular formula is C15H26N2S2. The molecule has 0 amide bonds. The van der Waals surface area contributed by atoms with Gasteiger partial charge in [0.1, 0.15) is 5.01 Å². The van der Waals surface area contributed by atoms with Gasteiger partial charge in [0.2, 0.25) is 0 Å². The summed E-state index contributed by atoms with van der Waals surface area (Å²) in [6.07, 6.45) is 3.90. The maximum atomic E-state index is 4.93. The number of hydrogen-bond acceptors (Lipinski definition) is 4. The molecule has 1 aromatic rings. The number of rotatable bonds is 7. The number of aryl methyl sites for hydroxylation is 1. The van der Waals surface area contributed by atoms with Crippen LogP contribution in [0.15, 0.2) is 0 Å². The molecule has 0 spiro atoms. The van der Waals surface area contributed by atoms with Crippen LogP contribution < -0.4 is 5.32 Å². The number of aromatic nitrogens is 1. The average molecular weight is 299 g/mol. The third-order valence-electron chi connectivity index (χ3n) is 3.49. The first kappa shape index (κ1) is 15.3. The molecule has 0 aromatic carbocycles. The van der Waals surface area contributed by atoms with Crippen molar-refractivity contribution in [2.24, 2.45) is 5.92 Å². The number of fused-ring (bicyclic) bond motifs is 1. The van der Waals surface area contributed by atoms with E-state index in [2.05, 4.69) is 26.1 Å². The van der Waals surface area contributed by atoms with E-state index in [1.807, 2.05) is 23.1 Å². The summed E-state index contributed by atoms with van der Waals surface area (Å²) in [5.74, 6) is 3.67. The van der Waals surface area contributed by atoms with Gasteiger partial charge in [0, 0.05) is 23.1 Å². The van der Waals surface area contributed by atoms with Gasteiger partial charge in [-0.25, -0.2) is 4.98 Å². The van der Waals surface area contributed by atoms with Gasteiger partial charge < -0.3 is 5.32 Å². The second kappa shape index (κ2) is 7.65. The fourth-order valence-electron chi connectivity index (χ4n) is 2.55. The Labute approximate surface area is 125 Å². The summed E-state index contributed by atoms with van der Waals surface area (Å²) in [5, 5.41) is 4.95. The minimum Gasteiger partial charge on any atom is -0.316 e. The molecule has 1 aliphatic carbocycles. The monoisotopic (exact) mass is 298 g/mol. The minimum absolute atomic E-state index is 0.652. The molecule has 0 saturated carbocycles. The number of hydrogen-bond donors (Lipinski definition) is 1. The van der Waals surface area contributed by atoms with Gasteiger partial charge in [-0.2, -0.15) is 11.8 Å². The first-order valence-electron chi connectivity index (χ1n) is 7.47. The van der Waals surface area contributed by atoms with Crippen LogP contribution in [0.2, 0.25) is 0 Å². The summed E-state index contributed by atoms with van der Waals surface area (Å²) >= 11 is 3.94. The first-order valence-corrected chi connectivity index (χ1v) is 9.44. The highest BCUT2D eigenvalue weighted by Crippen LogP contribution is 2.35. The number of thioether (sulfide) groups is 1. The number of thiazole rings is 1. The molecule has 1 heterocycles. The van der Waals surface area contributed by atoms with Crippen molar-refractivity contribution in [1.82, 2.24) is 10.3 Å². The van der Waals surface area contributed by atoms with Crippen molar-refractivity contribution in [3.8, 4) is 0 Å². The van der Waals surface area contributed by atoms with Crippen molar-refractivity contribution in [2.45, 2.75) is 51.7 Å².